The Bertz CT molecular complexity index is 1700. The molecule has 0 aliphatic heterocycles. The molecule has 0 aliphatic carbocycles. The number of fused-ring (bicyclic) bond motifs is 1. The largest absolute Gasteiger partial charge is 0.492 e. The molecule has 194 valence electrons. The van der Waals surface area contributed by atoms with Crippen molar-refractivity contribution in [1.82, 2.24) is 18.7 Å². The molecule has 3 aromatic carbocycles. The van der Waals surface area contributed by atoms with E-state index in [1.807, 2.05) is 60.7 Å². The average molecular weight is 549 g/mol. The van der Waals surface area contributed by atoms with Crippen LogP contribution in [0.15, 0.2) is 88.7 Å². The van der Waals surface area contributed by atoms with Gasteiger partial charge >= 0.3 is 5.69 Å². The lowest BCUT2D eigenvalue weighted by Crippen LogP contribution is -2.41. The van der Waals surface area contributed by atoms with Gasteiger partial charge in [0, 0.05) is 6.54 Å². The van der Waals surface area contributed by atoms with Crippen molar-refractivity contribution in [3.05, 3.63) is 121 Å². The molecule has 2 heterocycles. The molecule has 0 unspecified atom stereocenters. The van der Waals surface area contributed by atoms with Gasteiger partial charge in [-0.15, -0.1) is 0 Å². The Labute approximate surface area is 229 Å². The number of halogens is 2. The Hall–Kier alpha value is -3.81. The smallest absolute Gasteiger partial charge is 0.337 e. The van der Waals surface area contributed by atoms with Crippen molar-refractivity contribution < 1.29 is 4.74 Å². The van der Waals surface area contributed by atoms with Gasteiger partial charge in [0.05, 0.1) is 28.6 Å². The highest BCUT2D eigenvalue weighted by Gasteiger charge is 2.20. The van der Waals surface area contributed by atoms with E-state index in [1.165, 1.54) is 9.13 Å². The summed E-state index contributed by atoms with van der Waals surface area (Å²) in [6.45, 7) is 4.77. The van der Waals surface area contributed by atoms with E-state index in [0.717, 1.165) is 11.1 Å². The van der Waals surface area contributed by atoms with Gasteiger partial charge in [-0.2, -0.15) is 0 Å². The third-order valence-corrected chi connectivity index (χ3v) is 7.12. The third-order valence-electron chi connectivity index (χ3n) is 6.38. The normalized spacial score (nSPS) is 11.4. The second kappa shape index (κ2) is 10.9. The predicted octanol–water partition coefficient (Wildman–Crippen LogP) is 5.91. The van der Waals surface area contributed by atoms with Gasteiger partial charge in [-0.3, -0.25) is 9.36 Å². The number of imidazole rings is 1. The number of ether oxygens (including phenoxy) is 1. The molecule has 0 atom stereocenters. The highest BCUT2D eigenvalue weighted by Crippen LogP contribution is 2.24. The average Bonchev–Trinajstić information content (AvgIpc) is 3.32. The maximum Gasteiger partial charge on any atom is 0.337 e. The van der Waals surface area contributed by atoms with Crippen molar-refractivity contribution in [3.8, 4) is 11.4 Å². The van der Waals surface area contributed by atoms with Crippen LogP contribution in [0.3, 0.4) is 0 Å². The first kappa shape index (κ1) is 25.8. The van der Waals surface area contributed by atoms with Crippen LogP contribution < -0.4 is 16.0 Å². The van der Waals surface area contributed by atoms with Crippen molar-refractivity contribution in [3.63, 3.8) is 0 Å². The number of hydrogen-bond acceptors (Lipinski definition) is 4. The second-order valence-electron chi connectivity index (χ2n) is 9.28. The molecule has 0 fully saturated rings. The van der Waals surface area contributed by atoms with Crippen molar-refractivity contribution >= 4 is 34.4 Å². The molecule has 9 heteroatoms. The minimum atomic E-state index is -0.476. The van der Waals surface area contributed by atoms with E-state index >= 15 is 0 Å². The van der Waals surface area contributed by atoms with E-state index in [0.29, 0.717) is 39.5 Å². The first-order valence-electron chi connectivity index (χ1n) is 12.3. The molecule has 0 spiro atoms. The number of aromatic nitrogens is 4. The van der Waals surface area contributed by atoms with Gasteiger partial charge in [-0.25, -0.2) is 14.3 Å². The zero-order valence-corrected chi connectivity index (χ0v) is 22.5. The lowest BCUT2D eigenvalue weighted by Gasteiger charge is -2.14. The monoisotopic (exact) mass is 548 g/mol. The first-order valence-corrected chi connectivity index (χ1v) is 13.0. The van der Waals surface area contributed by atoms with Gasteiger partial charge in [-0.1, -0.05) is 73.4 Å². The molecule has 0 aliphatic rings. The fourth-order valence-corrected chi connectivity index (χ4v) is 4.66. The Morgan fingerprint density at radius 1 is 0.921 bits per heavy atom. The molecule has 0 N–H and O–H groups in total. The minimum Gasteiger partial charge on any atom is -0.492 e. The number of rotatable bonds is 8. The van der Waals surface area contributed by atoms with Gasteiger partial charge in [-0.05, 0) is 53.4 Å². The van der Waals surface area contributed by atoms with E-state index in [4.69, 9.17) is 27.9 Å². The fourth-order valence-electron chi connectivity index (χ4n) is 4.34. The van der Waals surface area contributed by atoms with Crippen molar-refractivity contribution in [1.29, 1.82) is 0 Å². The van der Waals surface area contributed by atoms with Crippen LogP contribution in [0, 0.1) is 0 Å². The summed E-state index contributed by atoms with van der Waals surface area (Å²) in [5, 5.41) is 0.872. The van der Waals surface area contributed by atoms with Crippen molar-refractivity contribution in [2.45, 2.75) is 32.9 Å². The Balaban J connectivity index is 1.62. The summed E-state index contributed by atoms with van der Waals surface area (Å²) in [5.41, 5.74) is 2.30. The molecule has 38 heavy (non-hydrogen) atoms. The van der Waals surface area contributed by atoms with Crippen LogP contribution in [-0.4, -0.2) is 25.3 Å². The Morgan fingerprint density at radius 3 is 2.34 bits per heavy atom. The molecule has 0 radical (unpaired) electrons. The van der Waals surface area contributed by atoms with Gasteiger partial charge < -0.3 is 9.30 Å². The Morgan fingerprint density at radius 2 is 1.66 bits per heavy atom. The van der Waals surface area contributed by atoms with E-state index in [2.05, 4.69) is 18.8 Å². The van der Waals surface area contributed by atoms with Gasteiger partial charge in [0.25, 0.3) is 5.56 Å². The van der Waals surface area contributed by atoms with E-state index < -0.39 is 11.2 Å². The SMILES string of the molecule is CC(C)c1ccc(-n2c(=O)n(CCOc3ccccc3)c(=O)c3c2ncn3Cc2ccc(Cl)c(Cl)c2)cc1. The molecule has 0 bridgehead atoms. The van der Waals surface area contributed by atoms with E-state index in [9.17, 15) is 9.59 Å². The Kier molecular flexibility index (Phi) is 7.40. The van der Waals surface area contributed by atoms with Crippen LogP contribution in [0.4, 0.5) is 0 Å². The first-order chi connectivity index (χ1) is 18.3. The summed E-state index contributed by atoms with van der Waals surface area (Å²) in [7, 11) is 0. The molecule has 0 saturated carbocycles. The number of hydrogen-bond donors (Lipinski definition) is 0. The second-order valence-corrected chi connectivity index (χ2v) is 10.1. The van der Waals surface area contributed by atoms with Crippen LogP contribution in [0.25, 0.3) is 16.9 Å². The summed E-state index contributed by atoms with van der Waals surface area (Å²) in [6, 6.07) is 22.3. The predicted molar refractivity (Wildman–Crippen MR) is 151 cm³/mol. The number of nitrogens with zero attached hydrogens (tertiary/aromatic N) is 4. The maximum atomic E-state index is 13.7. The summed E-state index contributed by atoms with van der Waals surface area (Å²) < 4.78 is 10.2. The highest BCUT2D eigenvalue weighted by atomic mass is 35.5. The molecule has 2 aromatic heterocycles. The summed E-state index contributed by atoms with van der Waals surface area (Å²) in [5.74, 6) is 1.01. The van der Waals surface area contributed by atoms with E-state index in [1.54, 1.807) is 23.0 Å². The summed E-state index contributed by atoms with van der Waals surface area (Å²) in [6.07, 6.45) is 1.57. The lowest BCUT2D eigenvalue weighted by atomic mass is 10.0. The number of benzene rings is 3. The molecule has 0 saturated heterocycles. The zero-order valence-electron chi connectivity index (χ0n) is 21.0. The van der Waals surface area contributed by atoms with Gasteiger partial charge in [0.15, 0.2) is 11.2 Å². The van der Waals surface area contributed by atoms with Crippen LogP contribution in [0.2, 0.25) is 10.0 Å². The standard InChI is InChI=1S/C29H26Cl2N4O3/c1-19(2)21-9-11-22(12-10-21)35-27-26(33(18-32-27)17-20-8-13-24(30)25(31)16-20)28(36)34(29(35)37)14-15-38-23-6-4-3-5-7-23/h3-13,16,18-19H,14-15,17H2,1-2H3. The zero-order chi connectivity index (χ0) is 26.8. The lowest BCUT2D eigenvalue weighted by molar-refractivity contribution is 0.293. The molecule has 5 rings (SSSR count). The van der Waals surface area contributed by atoms with Crippen LogP contribution in [0.1, 0.15) is 30.9 Å². The molecule has 5 aromatic rings. The van der Waals surface area contributed by atoms with Gasteiger partial charge in [0.2, 0.25) is 0 Å². The number of para-hydroxylation sites is 1. The van der Waals surface area contributed by atoms with Crippen molar-refractivity contribution in [2.24, 2.45) is 0 Å². The topological polar surface area (TPSA) is 71.1 Å². The molecular weight excluding hydrogens is 523 g/mol. The summed E-state index contributed by atoms with van der Waals surface area (Å²) in [4.78, 5) is 31.9. The maximum absolute atomic E-state index is 13.7. The molecular formula is C29H26Cl2N4O3. The van der Waals surface area contributed by atoms with Gasteiger partial charge in [0.1, 0.15) is 12.4 Å². The summed E-state index contributed by atoms with van der Waals surface area (Å²) >= 11 is 12.3. The van der Waals surface area contributed by atoms with Crippen LogP contribution in [-0.2, 0) is 13.1 Å². The highest BCUT2D eigenvalue weighted by molar-refractivity contribution is 6.42. The van der Waals surface area contributed by atoms with Crippen molar-refractivity contribution in [2.75, 3.05) is 6.61 Å². The van der Waals surface area contributed by atoms with E-state index in [-0.39, 0.29) is 18.8 Å². The molecule has 7 nitrogen and oxygen atoms in total. The molecule has 0 amide bonds. The third kappa shape index (κ3) is 5.12. The quantitative estimate of drug-likeness (QED) is 0.242. The van der Waals surface area contributed by atoms with Crippen LogP contribution in [0.5, 0.6) is 5.75 Å². The minimum absolute atomic E-state index is 0.0739. The van der Waals surface area contributed by atoms with Crippen LogP contribution >= 0.6 is 23.2 Å². The fraction of sp³-hybridized carbons (Fsp3) is 0.207.